The zero-order chi connectivity index (χ0) is 13.1. The Hall–Kier alpha value is -1.84. The van der Waals surface area contributed by atoms with E-state index in [1.165, 1.54) is 24.5 Å². The fraction of sp³-hybridized carbons (Fsp3) is 0.429. The van der Waals surface area contributed by atoms with Crippen LogP contribution in [-0.4, -0.2) is 17.0 Å². The molecule has 0 aromatic heterocycles. The van der Waals surface area contributed by atoms with Gasteiger partial charge in [-0.25, -0.2) is 4.79 Å². The highest BCUT2D eigenvalue weighted by atomic mass is 16.6. The van der Waals surface area contributed by atoms with Gasteiger partial charge < -0.3 is 9.84 Å². The first-order chi connectivity index (χ1) is 8.58. The van der Waals surface area contributed by atoms with Crippen molar-refractivity contribution in [3.8, 4) is 0 Å². The van der Waals surface area contributed by atoms with E-state index in [9.17, 15) is 9.59 Å². The van der Waals surface area contributed by atoms with Crippen LogP contribution >= 0.6 is 0 Å². The second-order valence-corrected chi connectivity index (χ2v) is 4.56. The van der Waals surface area contributed by atoms with Crippen LogP contribution in [-0.2, 0) is 27.2 Å². The zero-order valence-electron chi connectivity index (χ0n) is 10.3. The molecule has 4 nitrogen and oxygen atoms in total. The normalized spacial score (nSPS) is 15.6. The predicted molar refractivity (Wildman–Crippen MR) is 65.2 cm³/mol. The average Bonchev–Trinajstić information content (AvgIpc) is 2.35. The van der Waals surface area contributed by atoms with Crippen molar-refractivity contribution in [2.24, 2.45) is 0 Å². The highest BCUT2D eigenvalue weighted by Gasteiger charge is 2.24. The Bertz CT molecular complexity index is 479. The van der Waals surface area contributed by atoms with Crippen molar-refractivity contribution in [3.63, 3.8) is 0 Å². The largest absolute Gasteiger partial charge is 0.478 e. The third kappa shape index (κ3) is 2.70. The first kappa shape index (κ1) is 12.6. The number of hydrogen-bond acceptors (Lipinski definition) is 3. The molecule has 0 saturated heterocycles. The molecular weight excluding hydrogens is 232 g/mol. The van der Waals surface area contributed by atoms with E-state index in [4.69, 9.17) is 9.84 Å². The van der Waals surface area contributed by atoms with Crippen LogP contribution in [0.1, 0.15) is 42.6 Å². The molecule has 1 aromatic rings. The molecule has 1 aliphatic carbocycles. The lowest BCUT2D eigenvalue weighted by Gasteiger charge is -2.19. The molecule has 0 radical (unpaired) electrons. The third-order valence-corrected chi connectivity index (χ3v) is 3.18. The van der Waals surface area contributed by atoms with Crippen LogP contribution in [0.4, 0.5) is 0 Å². The molecule has 2 rings (SSSR count). The molecule has 0 unspecified atom stereocenters. The van der Waals surface area contributed by atoms with Crippen LogP contribution in [0.5, 0.6) is 0 Å². The Morgan fingerprint density at radius 2 is 1.89 bits per heavy atom. The number of rotatable bonds is 3. The molecule has 1 aliphatic rings. The maximum atomic E-state index is 11.1. The number of hydrogen-bond donors (Lipinski definition) is 1. The molecule has 1 aromatic carbocycles. The molecule has 1 atom stereocenters. The van der Waals surface area contributed by atoms with E-state index < -0.39 is 18.0 Å². The summed E-state index contributed by atoms with van der Waals surface area (Å²) in [5.41, 5.74) is 2.99. The fourth-order valence-corrected chi connectivity index (χ4v) is 2.34. The maximum absolute atomic E-state index is 11.1. The van der Waals surface area contributed by atoms with Crippen LogP contribution < -0.4 is 0 Å². The Balaban J connectivity index is 2.30. The number of carboxylic acids is 1. The maximum Gasteiger partial charge on any atom is 0.349 e. The molecule has 0 bridgehead atoms. The predicted octanol–water partition coefficient (Wildman–Crippen LogP) is 2.25. The van der Waals surface area contributed by atoms with Crippen molar-refractivity contribution >= 4 is 11.9 Å². The van der Waals surface area contributed by atoms with Gasteiger partial charge >= 0.3 is 11.9 Å². The molecule has 18 heavy (non-hydrogen) atoms. The zero-order valence-corrected chi connectivity index (χ0v) is 10.3. The number of fused-ring (bicyclic) bond motifs is 1. The SMILES string of the molecule is CC(=O)O[C@H](C(=O)O)c1ccc2c(c1)CCCC2. The van der Waals surface area contributed by atoms with Crippen molar-refractivity contribution in [2.45, 2.75) is 38.7 Å². The first-order valence-electron chi connectivity index (χ1n) is 6.09. The van der Waals surface area contributed by atoms with E-state index in [1.807, 2.05) is 12.1 Å². The molecule has 0 heterocycles. The topological polar surface area (TPSA) is 63.6 Å². The van der Waals surface area contributed by atoms with E-state index >= 15 is 0 Å². The van der Waals surface area contributed by atoms with E-state index in [0.717, 1.165) is 19.3 Å². The summed E-state index contributed by atoms with van der Waals surface area (Å²) in [7, 11) is 0. The van der Waals surface area contributed by atoms with Gasteiger partial charge in [0.1, 0.15) is 0 Å². The quantitative estimate of drug-likeness (QED) is 0.833. The van der Waals surface area contributed by atoms with Crippen LogP contribution in [0.3, 0.4) is 0 Å². The van der Waals surface area contributed by atoms with Crippen molar-refractivity contribution in [1.82, 2.24) is 0 Å². The van der Waals surface area contributed by atoms with Crippen molar-refractivity contribution < 1.29 is 19.4 Å². The summed E-state index contributed by atoms with van der Waals surface area (Å²) < 4.78 is 4.85. The molecule has 0 amide bonds. The van der Waals surface area contributed by atoms with Crippen LogP contribution in [0.15, 0.2) is 18.2 Å². The summed E-state index contributed by atoms with van der Waals surface area (Å²) in [4.78, 5) is 22.1. The number of esters is 1. The summed E-state index contributed by atoms with van der Waals surface area (Å²) in [5.74, 6) is -1.72. The lowest BCUT2D eigenvalue weighted by atomic mass is 9.89. The summed E-state index contributed by atoms with van der Waals surface area (Å²) >= 11 is 0. The Morgan fingerprint density at radius 1 is 1.22 bits per heavy atom. The second kappa shape index (κ2) is 5.21. The van der Waals surface area contributed by atoms with Gasteiger partial charge in [0, 0.05) is 12.5 Å². The number of carbonyl (C=O) groups is 2. The van der Waals surface area contributed by atoms with Gasteiger partial charge in [0.25, 0.3) is 0 Å². The molecule has 96 valence electrons. The van der Waals surface area contributed by atoms with Gasteiger partial charge in [-0.15, -0.1) is 0 Å². The van der Waals surface area contributed by atoms with Gasteiger partial charge in [-0.3, -0.25) is 4.79 Å². The Labute approximate surface area is 106 Å². The van der Waals surface area contributed by atoms with Crippen molar-refractivity contribution in [3.05, 3.63) is 34.9 Å². The number of carbonyl (C=O) groups excluding carboxylic acids is 1. The molecule has 1 N–H and O–H groups in total. The standard InChI is InChI=1S/C14H16O4/c1-9(15)18-13(14(16)17)12-7-6-10-4-2-3-5-11(10)8-12/h6-8,13H,2-5H2,1H3,(H,16,17)/t13-/m0/s1. The number of carboxylic acid groups (broad SMARTS) is 1. The van der Waals surface area contributed by atoms with E-state index in [-0.39, 0.29) is 0 Å². The van der Waals surface area contributed by atoms with Gasteiger partial charge in [0.15, 0.2) is 0 Å². The monoisotopic (exact) mass is 248 g/mol. The molecule has 0 saturated carbocycles. The minimum atomic E-state index is -1.20. The smallest absolute Gasteiger partial charge is 0.349 e. The van der Waals surface area contributed by atoms with Gasteiger partial charge in [-0.05, 0) is 36.8 Å². The highest BCUT2D eigenvalue weighted by molar-refractivity contribution is 5.78. The van der Waals surface area contributed by atoms with Gasteiger partial charge in [0.2, 0.25) is 6.10 Å². The van der Waals surface area contributed by atoms with Crippen LogP contribution in [0, 0.1) is 0 Å². The lowest BCUT2D eigenvalue weighted by molar-refractivity contribution is -0.163. The van der Waals surface area contributed by atoms with Crippen LogP contribution in [0.25, 0.3) is 0 Å². The Kier molecular flexibility index (Phi) is 3.65. The lowest BCUT2D eigenvalue weighted by Crippen LogP contribution is -2.18. The van der Waals surface area contributed by atoms with Gasteiger partial charge in [-0.2, -0.15) is 0 Å². The summed E-state index contributed by atoms with van der Waals surface area (Å²) in [6.45, 7) is 1.22. The summed E-state index contributed by atoms with van der Waals surface area (Å²) in [6, 6.07) is 5.55. The summed E-state index contributed by atoms with van der Waals surface area (Å²) in [5, 5.41) is 9.10. The minimum Gasteiger partial charge on any atom is -0.478 e. The first-order valence-corrected chi connectivity index (χ1v) is 6.09. The number of aryl methyl sites for hydroxylation is 2. The van der Waals surface area contributed by atoms with Gasteiger partial charge in [0.05, 0.1) is 0 Å². The molecule has 4 heteroatoms. The van der Waals surface area contributed by atoms with Crippen molar-refractivity contribution in [1.29, 1.82) is 0 Å². The van der Waals surface area contributed by atoms with E-state index in [2.05, 4.69) is 0 Å². The number of benzene rings is 1. The van der Waals surface area contributed by atoms with E-state index in [0.29, 0.717) is 5.56 Å². The average molecular weight is 248 g/mol. The van der Waals surface area contributed by atoms with Crippen LogP contribution in [0.2, 0.25) is 0 Å². The van der Waals surface area contributed by atoms with Crippen molar-refractivity contribution in [2.75, 3.05) is 0 Å². The highest BCUT2D eigenvalue weighted by Crippen LogP contribution is 2.26. The molecule has 0 spiro atoms. The molecule has 0 aliphatic heterocycles. The van der Waals surface area contributed by atoms with Gasteiger partial charge in [-0.1, -0.05) is 18.2 Å². The fourth-order valence-electron chi connectivity index (χ4n) is 2.34. The minimum absolute atomic E-state index is 0.540. The Morgan fingerprint density at radius 3 is 2.50 bits per heavy atom. The number of aliphatic carboxylic acids is 1. The molecular formula is C14H16O4. The third-order valence-electron chi connectivity index (χ3n) is 3.18. The number of ether oxygens (including phenoxy) is 1. The molecule has 0 fully saturated rings. The summed E-state index contributed by atoms with van der Waals surface area (Å²) in [6.07, 6.45) is 3.12. The van der Waals surface area contributed by atoms with E-state index in [1.54, 1.807) is 6.07 Å². The second-order valence-electron chi connectivity index (χ2n) is 4.56.